The van der Waals surface area contributed by atoms with Crippen molar-refractivity contribution in [2.75, 3.05) is 30.4 Å². The first-order valence-electron chi connectivity index (χ1n) is 6.77. The zero-order valence-electron chi connectivity index (χ0n) is 12.9. The molecule has 0 bridgehead atoms. The number of aryl methyl sites for hydroxylation is 1. The Morgan fingerprint density at radius 3 is 2.42 bits per heavy atom. The van der Waals surface area contributed by atoms with Crippen LogP contribution in [0.5, 0.6) is 0 Å². The Hall–Kier alpha value is -1.36. The van der Waals surface area contributed by atoms with Gasteiger partial charge in [0.25, 0.3) is 0 Å². The van der Waals surface area contributed by atoms with Gasteiger partial charge in [0.15, 0.2) is 0 Å². The molecule has 0 saturated carbocycles. The summed E-state index contributed by atoms with van der Waals surface area (Å²) in [5, 5.41) is 12.8. The number of aliphatic hydroxyl groups excluding tert-OH is 1. The Kier molecular flexibility index (Phi) is 5.11. The molecule has 108 valence electrons. The average Bonchev–Trinajstić information content (AvgIpc) is 2.38. The molecule has 5 nitrogen and oxygen atoms in total. The van der Waals surface area contributed by atoms with Crippen LogP contribution in [0.25, 0.3) is 0 Å². The summed E-state index contributed by atoms with van der Waals surface area (Å²) in [7, 11) is 1.95. The summed E-state index contributed by atoms with van der Waals surface area (Å²) in [5.74, 6) is 2.48. The van der Waals surface area contributed by atoms with Crippen LogP contribution in [0, 0.1) is 13.8 Å². The van der Waals surface area contributed by atoms with Crippen LogP contribution in [0.2, 0.25) is 0 Å². The van der Waals surface area contributed by atoms with Crippen molar-refractivity contribution >= 4 is 11.6 Å². The van der Waals surface area contributed by atoms with E-state index < -0.39 is 0 Å². The Balaban J connectivity index is 3.17. The van der Waals surface area contributed by atoms with Gasteiger partial charge < -0.3 is 15.3 Å². The maximum absolute atomic E-state index is 9.50. The molecule has 1 heterocycles. The first-order chi connectivity index (χ1) is 8.83. The lowest BCUT2D eigenvalue weighted by atomic mass is 10.0. The summed E-state index contributed by atoms with van der Waals surface area (Å²) < 4.78 is 0. The van der Waals surface area contributed by atoms with Crippen molar-refractivity contribution in [3.05, 3.63) is 11.4 Å². The third-order valence-corrected chi connectivity index (χ3v) is 3.39. The van der Waals surface area contributed by atoms with E-state index in [9.17, 15) is 5.11 Å². The fourth-order valence-corrected chi connectivity index (χ4v) is 1.75. The first kappa shape index (κ1) is 15.7. The molecule has 1 aromatic rings. The molecule has 0 aliphatic carbocycles. The minimum absolute atomic E-state index is 0.0731. The second-order valence-corrected chi connectivity index (χ2v) is 5.52. The van der Waals surface area contributed by atoms with E-state index in [0.717, 1.165) is 36.0 Å². The SMILES string of the molecule is CCCNc1nc(C)nc(N(C)C(C)(C)CO)c1C. The summed E-state index contributed by atoms with van der Waals surface area (Å²) in [5.41, 5.74) is 0.663. The topological polar surface area (TPSA) is 61.3 Å². The highest BCUT2D eigenvalue weighted by Gasteiger charge is 2.26. The van der Waals surface area contributed by atoms with Crippen LogP contribution < -0.4 is 10.2 Å². The van der Waals surface area contributed by atoms with Gasteiger partial charge in [-0.15, -0.1) is 0 Å². The van der Waals surface area contributed by atoms with E-state index in [-0.39, 0.29) is 12.1 Å². The quantitative estimate of drug-likeness (QED) is 0.826. The molecule has 19 heavy (non-hydrogen) atoms. The van der Waals surface area contributed by atoms with Crippen molar-refractivity contribution in [3.8, 4) is 0 Å². The summed E-state index contributed by atoms with van der Waals surface area (Å²) in [6, 6.07) is 0. The minimum atomic E-state index is -0.354. The van der Waals surface area contributed by atoms with Crippen LogP contribution in [0.1, 0.15) is 38.6 Å². The molecule has 0 spiro atoms. The van der Waals surface area contributed by atoms with Crippen molar-refractivity contribution in [1.82, 2.24) is 9.97 Å². The summed E-state index contributed by atoms with van der Waals surface area (Å²) >= 11 is 0. The van der Waals surface area contributed by atoms with E-state index in [4.69, 9.17) is 0 Å². The predicted octanol–water partition coefficient (Wildman–Crippen LogP) is 2.12. The highest BCUT2D eigenvalue weighted by molar-refractivity contribution is 5.59. The molecular weight excluding hydrogens is 240 g/mol. The lowest BCUT2D eigenvalue weighted by Gasteiger charge is -2.36. The van der Waals surface area contributed by atoms with Gasteiger partial charge in [0.1, 0.15) is 17.5 Å². The molecule has 0 saturated heterocycles. The number of anilines is 2. The summed E-state index contributed by atoms with van der Waals surface area (Å²) in [6.07, 6.45) is 1.05. The normalized spacial score (nSPS) is 11.5. The van der Waals surface area contributed by atoms with Crippen LogP contribution in [-0.4, -0.2) is 40.8 Å². The maximum atomic E-state index is 9.50. The summed E-state index contributed by atoms with van der Waals surface area (Å²) in [6.45, 7) is 11.0. The highest BCUT2D eigenvalue weighted by Crippen LogP contribution is 2.27. The molecule has 1 aromatic heterocycles. The number of likely N-dealkylation sites (N-methyl/N-ethyl adjacent to an activating group) is 1. The largest absolute Gasteiger partial charge is 0.394 e. The third-order valence-electron chi connectivity index (χ3n) is 3.39. The van der Waals surface area contributed by atoms with Crippen LogP contribution in [0.4, 0.5) is 11.6 Å². The van der Waals surface area contributed by atoms with Gasteiger partial charge in [0.2, 0.25) is 0 Å². The number of nitrogens with one attached hydrogen (secondary N) is 1. The molecule has 0 fully saturated rings. The number of aliphatic hydroxyl groups is 1. The third kappa shape index (κ3) is 3.56. The number of aromatic nitrogens is 2. The molecule has 0 aliphatic rings. The van der Waals surface area contributed by atoms with Crippen molar-refractivity contribution in [2.24, 2.45) is 0 Å². The Morgan fingerprint density at radius 1 is 1.26 bits per heavy atom. The lowest BCUT2D eigenvalue weighted by molar-refractivity contribution is 0.215. The first-order valence-corrected chi connectivity index (χ1v) is 6.77. The zero-order valence-corrected chi connectivity index (χ0v) is 12.9. The summed E-state index contributed by atoms with van der Waals surface area (Å²) in [4.78, 5) is 11.0. The van der Waals surface area contributed by atoms with Gasteiger partial charge in [-0.2, -0.15) is 0 Å². The van der Waals surface area contributed by atoms with Gasteiger partial charge in [-0.1, -0.05) is 6.92 Å². The molecular formula is C14H26N4O. The molecule has 0 amide bonds. The Bertz CT molecular complexity index is 432. The Morgan fingerprint density at radius 2 is 1.89 bits per heavy atom. The van der Waals surface area contributed by atoms with Gasteiger partial charge in [-0.25, -0.2) is 9.97 Å². The Labute approximate surface area is 116 Å². The smallest absolute Gasteiger partial charge is 0.137 e. The van der Waals surface area contributed by atoms with E-state index in [1.54, 1.807) is 0 Å². The molecule has 0 aromatic carbocycles. The molecule has 1 rings (SSSR count). The molecule has 5 heteroatoms. The van der Waals surface area contributed by atoms with E-state index in [1.807, 2.05) is 39.6 Å². The lowest BCUT2D eigenvalue weighted by Crippen LogP contribution is -2.45. The number of hydrogen-bond donors (Lipinski definition) is 2. The molecule has 2 N–H and O–H groups in total. The molecule has 0 atom stereocenters. The van der Waals surface area contributed by atoms with E-state index in [0.29, 0.717) is 0 Å². The van der Waals surface area contributed by atoms with Crippen LogP contribution in [0.3, 0.4) is 0 Å². The maximum Gasteiger partial charge on any atom is 0.137 e. The number of nitrogens with zero attached hydrogens (tertiary/aromatic N) is 3. The van der Waals surface area contributed by atoms with Crippen LogP contribution >= 0.6 is 0 Å². The van der Waals surface area contributed by atoms with Gasteiger partial charge in [0.05, 0.1) is 12.1 Å². The second kappa shape index (κ2) is 6.19. The van der Waals surface area contributed by atoms with Gasteiger partial charge >= 0.3 is 0 Å². The molecule has 0 unspecified atom stereocenters. The fraction of sp³-hybridized carbons (Fsp3) is 0.714. The van der Waals surface area contributed by atoms with Crippen LogP contribution in [0.15, 0.2) is 0 Å². The zero-order chi connectivity index (χ0) is 14.6. The minimum Gasteiger partial charge on any atom is -0.394 e. The van der Waals surface area contributed by atoms with Crippen molar-refractivity contribution in [2.45, 2.75) is 46.6 Å². The number of hydrogen-bond acceptors (Lipinski definition) is 5. The van der Waals surface area contributed by atoms with E-state index in [2.05, 4.69) is 22.2 Å². The fourth-order valence-electron chi connectivity index (χ4n) is 1.75. The van der Waals surface area contributed by atoms with E-state index >= 15 is 0 Å². The number of rotatable bonds is 6. The monoisotopic (exact) mass is 266 g/mol. The second-order valence-electron chi connectivity index (χ2n) is 5.52. The van der Waals surface area contributed by atoms with Crippen molar-refractivity contribution < 1.29 is 5.11 Å². The van der Waals surface area contributed by atoms with Gasteiger partial charge in [-0.3, -0.25) is 0 Å². The van der Waals surface area contributed by atoms with Crippen molar-refractivity contribution in [1.29, 1.82) is 0 Å². The molecule has 0 aliphatic heterocycles. The van der Waals surface area contributed by atoms with Gasteiger partial charge in [0, 0.05) is 19.2 Å². The predicted molar refractivity (Wildman–Crippen MR) is 79.9 cm³/mol. The van der Waals surface area contributed by atoms with E-state index in [1.165, 1.54) is 0 Å². The van der Waals surface area contributed by atoms with Gasteiger partial charge in [-0.05, 0) is 34.1 Å². The van der Waals surface area contributed by atoms with Crippen LogP contribution in [-0.2, 0) is 0 Å². The standard InChI is InChI=1S/C14H26N4O/c1-7-8-15-12-10(2)13(17-11(3)16-12)18(6)14(4,5)9-19/h19H,7-9H2,1-6H3,(H,15,16,17). The average molecular weight is 266 g/mol. The van der Waals surface area contributed by atoms with Crippen molar-refractivity contribution in [3.63, 3.8) is 0 Å². The molecule has 0 radical (unpaired) electrons. The highest BCUT2D eigenvalue weighted by atomic mass is 16.3.